The van der Waals surface area contributed by atoms with Gasteiger partial charge in [0, 0.05) is 18.2 Å². The van der Waals surface area contributed by atoms with Crippen LogP contribution in [-0.4, -0.2) is 32.3 Å². The highest BCUT2D eigenvalue weighted by Crippen LogP contribution is 2.25. The summed E-state index contributed by atoms with van der Waals surface area (Å²) in [7, 11) is 0. The lowest BCUT2D eigenvalue weighted by Crippen LogP contribution is -2.20. The lowest BCUT2D eigenvalue weighted by atomic mass is 10.2. The van der Waals surface area contributed by atoms with E-state index in [1.54, 1.807) is 6.07 Å². The van der Waals surface area contributed by atoms with E-state index in [0.29, 0.717) is 5.56 Å². The molecule has 0 spiro atoms. The van der Waals surface area contributed by atoms with Gasteiger partial charge in [-0.2, -0.15) is 5.10 Å². The van der Waals surface area contributed by atoms with Crippen molar-refractivity contribution in [2.24, 2.45) is 5.10 Å². The molecular weight excluding hydrogens is 402 g/mol. The van der Waals surface area contributed by atoms with Crippen molar-refractivity contribution in [2.75, 3.05) is 5.75 Å². The molecule has 3 rings (SSSR count). The summed E-state index contributed by atoms with van der Waals surface area (Å²) < 4.78 is 2.05. The second-order valence-corrected chi connectivity index (χ2v) is 7.03. The third kappa shape index (κ3) is 4.49. The number of nitrogens with zero attached hydrogens (tertiary/aromatic N) is 4. The number of nitro benzene ring substituents is 1. The number of imidazole rings is 1. The first-order valence-electron chi connectivity index (χ1n) is 8.33. The Morgan fingerprint density at radius 2 is 2.18 bits per heavy atom. The largest absolute Gasteiger partial charge is 0.319 e. The van der Waals surface area contributed by atoms with Crippen molar-refractivity contribution in [3.05, 3.63) is 63.2 Å². The number of fused-ring (bicyclic) bond motifs is 1. The Balaban J connectivity index is 1.60. The molecule has 0 atom stereocenters. The van der Waals surface area contributed by atoms with Crippen LogP contribution in [0.15, 0.2) is 52.7 Å². The van der Waals surface area contributed by atoms with E-state index in [0.717, 1.165) is 22.7 Å². The van der Waals surface area contributed by atoms with Gasteiger partial charge in [-0.1, -0.05) is 41.6 Å². The number of benzene rings is 2. The maximum absolute atomic E-state index is 12.0. The van der Waals surface area contributed by atoms with E-state index < -0.39 is 4.92 Å². The topological polar surface area (TPSA) is 102 Å². The highest BCUT2D eigenvalue weighted by Gasteiger charge is 2.13. The average molecular weight is 418 g/mol. The summed E-state index contributed by atoms with van der Waals surface area (Å²) in [6, 6.07) is 12.1. The van der Waals surface area contributed by atoms with Crippen LogP contribution in [0.2, 0.25) is 5.02 Å². The third-order valence-electron chi connectivity index (χ3n) is 3.84. The minimum absolute atomic E-state index is 0.0430. The molecule has 0 bridgehead atoms. The van der Waals surface area contributed by atoms with Crippen molar-refractivity contribution in [2.45, 2.75) is 18.6 Å². The second-order valence-electron chi connectivity index (χ2n) is 5.68. The summed E-state index contributed by atoms with van der Waals surface area (Å²) in [6.07, 6.45) is 1.33. The van der Waals surface area contributed by atoms with Crippen molar-refractivity contribution in [1.82, 2.24) is 15.0 Å². The standard InChI is InChI=1S/C18H16ClN5O3S/c1-2-23-15-6-4-3-5-14(15)21-18(23)28-11-17(25)22-20-10-12-7-8-13(19)16(9-12)24(26)27/h3-10H,2,11H2,1H3,(H,22,25)/b20-10+. The number of amides is 1. The quantitative estimate of drug-likeness (QED) is 0.272. The third-order valence-corrected chi connectivity index (χ3v) is 5.13. The number of nitro groups is 1. The number of para-hydroxylation sites is 2. The van der Waals surface area contributed by atoms with Gasteiger partial charge in [0.25, 0.3) is 11.6 Å². The van der Waals surface area contributed by atoms with Crippen LogP contribution in [0, 0.1) is 10.1 Å². The molecule has 1 heterocycles. The molecule has 8 nitrogen and oxygen atoms in total. The van der Waals surface area contributed by atoms with Crippen LogP contribution < -0.4 is 5.43 Å². The summed E-state index contributed by atoms with van der Waals surface area (Å²) in [4.78, 5) is 26.9. The predicted octanol–water partition coefficient (Wildman–Crippen LogP) is 3.86. The molecule has 0 aliphatic heterocycles. The smallest absolute Gasteiger partial charge is 0.288 e. The summed E-state index contributed by atoms with van der Waals surface area (Å²) >= 11 is 7.08. The lowest BCUT2D eigenvalue weighted by Gasteiger charge is -2.04. The van der Waals surface area contributed by atoms with E-state index in [2.05, 4.69) is 15.5 Å². The van der Waals surface area contributed by atoms with Crippen molar-refractivity contribution >= 4 is 52.2 Å². The molecule has 1 amide bonds. The molecule has 0 aliphatic rings. The van der Waals surface area contributed by atoms with E-state index in [1.165, 1.54) is 30.1 Å². The first kappa shape index (κ1) is 19.8. The van der Waals surface area contributed by atoms with Gasteiger partial charge in [-0.3, -0.25) is 14.9 Å². The van der Waals surface area contributed by atoms with Crippen molar-refractivity contribution in [3.8, 4) is 0 Å². The fourth-order valence-electron chi connectivity index (χ4n) is 2.56. The SMILES string of the molecule is CCn1c(SCC(=O)N/N=C/c2ccc(Cl)c([N+](=O)[O-])c2)nc2ccccc21. The summed E-state index contributed by atoms with van der Waals surface area (Å²) in [5.74, 6) is -0.166. The lowest BCUT2D eigenvalue weighted by molar-refractivity contribution is -0.384. The number of carbonyl (C=O) groups excluding carboxylic acids is 1. The van der Waals surface area contributed by atoms with Crippen LogP contribution in [-0.2, 0) is 11.3 Å². The maximum atomic E-state index is 12.0. The summed E-state index contributed by atoms with van der Waals surface area (Å²) in [6.45, 7) is 2.77. The number of hydrogen-bond donors (Lipinski definition) is 1. The van der Waals surface area contributed by atoms with Crippen LogP contribution in [0.25, 0.3) is 11.0 Å². The average Bonchev–Trinajstić information content (AvgIpc) is 3.05. The van der Waals surface area contributed by atoms with E-state index in [4.69, 9.17) is 11.6 Å². The van der Waals surface area contributed by atoms with Crippen LogP contribution in [0.1, 0.15) is 12.5 Å². The molecule has 3 aromatic rings. The Hall–Kier alpha value is -2.91. The van der Waals surface area contributed by atoms with Crippen LogP contribution >= 0.6 is 23.4 Å². The number of thioether (sulfide) groups is 1. The van der Waals surface area contributed by atoms with E-state index in [-0.39, 0.29) is 22.4 Å². The van der Waals surface area contributed by atoms with Crippen molar-refractivity contribution in [3.63, 3.8) is 0 Å². The Morgan fingerprint density at radius 3 is 2.93 bits per heavy atom. The molecule has 0 fully saturated rings. The van der Waals surface area contributed by atoms with Crippen LogP contribution in [0.3, 0.4) is 0 Å². The van der Waals surface area contributed by atoms with Gasteiger partial charge in [0.05, 0.1) is 27.9 Å². The molecule has 0 radical (unpaired) electrons. The van der Waals surface area contributed by atoms with Crippen LogP contribution in [0.4, 0.5) is 5.69 Å². The fraction of sp³-hybridized carbons (Fsp3) is 0.167. The molecule has 10 heteroatoms. The van der Waals surface area contributed by atoms with Gasteiger partial charge in [0.15, 0.2) is 5.16 Å². The molecule has 1 N–H and O–H groups in total. The van der Waals surface area contributed by atoms with E-state index in [9.17, 15) is 14.9 Å². The Morgan fingerprint density at radius 1 is 1.39 bits per heavy atom. The molecule has 0 saturated carbocycles. The zero-order valence-corrected chi connectivity index (χ0v) is 16.4. The highest BCUT2D eigenvalue weighted by molar-refractivity contribution is 7.99. The predicted molar refractivity (Wildman–Crippen MR) is 110 cm³/mol. The number of hydrazone groups is 1. The molecule has 28 heavy (non-hydrogen) atoms. The fourth-order valence-corrected chi connectivity index (χ4v) is 3.62. The number of aromatic nitrogens is 2. The Labute approximate surface area is 169 Å². The molecule has 1 aromatic heterocycles. The minimum Gasteiger partial charge on any atom is -0.319 e. The highest BCUT2D eigenvalue weighted by atomic mass is 35.5. The number of halogens is 1. The van der Waals surface area contributed by atoms with Crippen molar-refractivity contribution in [1.29, 1.82) is 0 Å². The summed E-state index contributed by atoms with van der Waals surface area (Å²) in [5, 5.41) is 15.5. The molecule has 2 aromatic carbocycles. The molecule has 144 valence electrons. The first-order valence-corrected chi connectivity index (χ1v) is 9.70. The molecular formula is C18H16ClN5O3S. The first-order chi connectivity index (χ1) is 13.5. The van der Waals surface area contributed by atoms with Gasteiger partial charge in [-0.15, -0.1) is 0 Å². The second kappa shape index (κ2) is 8.85. The molecule has 0 saturated heterocycles. The van der Waals surface area contributed by atoms with Gasteiger partial charge in [0.1, 0.15) is 5.02 Å². The van der Waals surface area contributed by atoms with Gasteiger partial charge >= 0.3 is 0 Å². The van der Waals surface area contributed by atoms with Gasteiger partial charge in [-0.05, 0) is 25.1 Å². The zero-order chi connectivity index (χ0) is 20.1. The zero-order valence-electron chi connectivity index (χ0n) is 14.8. The summed E-state index contributed by atoms with van der Waals surface area (Å²) in [5.41, 5.74) is 4.55. The Bertz CT molecular complexity index is 1070. The van der Waals surface area contributed by atoms with E-state index >= 15 is 0 Å². The number of carbonyl (C=O) groups is 1. The maximum Gasteiger partial charge on any atom is 0.288 e. The number of aryl methyl sites for hydroxylation is 1. The minimum atomic E-state index is -0.575. The van der Waals surface area contributed by atoms with Gasteiger partial charge in [0.2, 0.25) is 0 Å². The Kier molecular flexibility index (Phi) is 6.27. The van der Waals surface area contributed by atoms with E-state index in [1.807, 2.05) is 35.8 Å². The number of hydrogen-bond acceptors (Lipinski definition) is 6. The van der Waals surface area contributed by atoms with Crippen molar-refractivity contribution < 1.29 is 9.72 Å². The van der Waals surface area contributed by atoms with Crippen LogP contribution in [0.5, 0.6) is 0 Å². The molecule has 0 aliphatic carbocycles. The monoisotopic (exact) mass is 417 g/mol. The molecule has 0 unspecified atom stereocenters. The van der Waals surface area contributed by atoms with Gasteiger partial charge < -0.3 is 4.57 Å². The number of rotatable bonds is 7. The number of nitrogens with one attached hydrogen (secondary N) is 1. The van der Waals surface area contributed by atoms with Gasteiger partial charge in [-0.25, -0.2) is 10.4 Å². The normalized spacial score (nSPS) is 11.2.